The number of rotatable bonds is 8. The number of para-hydroxylation sites is 1. The molecule has 3 N–H and O–H groups in total. The van der Waals surface area contributed by atoms with Crippen molar-refractivity contribution >= 4 is 17.5 Å². The highest BCUT2D eigenvalue weighted by molar-refractivity contribution is 6.10. The Hall–Kier alpha value is -2.76. The minimum atomic E-state index is -0.566. The van der Waals surface area contributed by atoms with Crippen LogP contribution in [0.15, 0.2) is 24.3 Å². The van der Waals surface area contributed by atoms with Crippen molar-refractivity contribution in [1.29, 1.82) is 0 Å². The Labute approximate surface area is 154 Å². The number of nitrogens with two attached hydrogens (primary N) is 1. The summed E-state index contributed by atoms with van der Waals surface area (Å²) in [6, 6.07) is 7.08. The summed E-state index contributed by atoms with van der Waals surface area (Å²) in [7, 11) is 1.78. The van der Waals surface area contributed by atoms with Crippen molar-refractivity contribution in [3.63, 3.8) is 0 Å². The molecule has 0 bridgehead atoms. The first-order valence-electron chi connectivity index (χ1n) is 8.93. The zero-order chi connectivity index (χ0) is 19.3. The summed E-state index contributed by atoms with van der Waals surface area (Å²) in [4.78, 5) is 24.9. The zero-order valence-corrected chi connectivity index (χ0v) is 15.9. The van der Waals surface area contributed by atoms with Gasteiger partial charge in [-0.15, -0.1) is 0 Å². The molecule has 0 spiro atoms. The highest BCUT2D eigenvalue weighted by Gasteiger charge is 2.24. The summed E-state index contributed by atoms with van der Waals surface area (Å²) in [6.45, 7) is 6.51. The summed E-state index contributed by atoms with van der Waals surface area (Å²) >= 11 is 0. The Morgan fingerprint density at radius 1 is 1.19 bits per heavy atom. The van der Waals surface area contributed by atoms with E-state index in [0.29, 0.717) is 29.3 Å². The van der Waals surface area contributed by atoms with E-state index in [1.165, 1.54) is 0 Å². The molecule has 1 aromatic heterocycles. The van der Waals surface area contributed by atoms with Crippen molar-refractivity contribution in [2.45, 2.75) is 40.0 Å². The number of carbonyl (C=O) groups is 2. The second kappa shape index (κ2) is 8.56. The maximum absolute atomic E-state index is 12.9. The Balaban J connectivity index is 2.44. The number of hydrogen-bond acceptors (Lipinski definition) is 3. The first-order chi connectivity index (χ1) is 12.4. The van der Waals surface area contributed by atoms with Gasteiger partial charge < -0.3 is 20.4 Å². The minimum absolute atomic E-state index is 0.311. The Kier molecular flexibility index (Phi) is 6.44. The van der Waals surface area contributed by atoms with Gasteiger partial charge in [0.25, 0.3) is 11.8 Å². The third-order valence-electron chi connectivity index (χ3n) is 4.38. The smallest absolute Gasteiger partial charge is 0.267 e. The SMILES string of the molecule is CCCOc1ccccc1C(=O)Nc1c(CCC)c(C)n(C)c1C(N)=O. The molecule has 2 rings (SSSR count). The molecular formula is C20H27N3O3. The third kappa shape index (κ3) is 3.90. The van der Waals surface area contributed by atoms with E-state index in [1.54, 1.807) is 29.8 Å². The fraction of sp³-hybridized carbons (Fsp3) is 0.400. The molecule has 26 heavy (non-hydrogen) atoms. The number of primary amides is 1. The maximum atomic E-state index is 12.9. The van der Waals surface area contributed by atoms with Crippen LogP contribution in [0.25, 0.3) is 0 Å². The predicted octanol–water partition coefficient (Wildman–Crippen LogP) is 3.43. The van der Waals surface area contributed by atoms with Crippen molar-refractivity contribution < 1.29 is 14.3 Å². The number of benzene rings is 1. The summed E-state index contributed by atoms with van der Waals surface area (Å²) in [5, 5.41) is 2.90. The van der Waals surface area contributed by atoms with Gasteiger partial charge in [-0.2, -0.15) is 0 Å². The van der Waals surface area contributed by atoms with E-state index in [4.69, 9.17) is 10.5 Å². The zero-order valence-electron chi connectivity index (χ0n) is 15.9. The number of carbonyl (C=O) groups excluding carboxylic acids is 2. The van der Waals surface area contributed by atoms with Crippen molar-refractivity contribution in [1.82, 2.24) is 4.57 Å². The van der Waals surface area contributed by atoms with Crippen molar-refractivity contribution in [2.24, 2.45) is 12.8 Å². The molecule has 0 aliphatic heterocycles. The lowest BCUT2D eigenvalue weighted by molar-refractivity contribution is 0.0993. The molecule has 0 aliphatic carbocycles. The topological polar surface area (TPSA) is 86.3 Å². The van der Waals surface area contributed by atoms with E-state index >= 15 is 0 Å². The highest BCUT2D eigenvalue weighted by Crippen LogP contribution is 2.30. The van der Waals surface area contributed by atoms with Gasteiger partial charge in [-0.25, -0.2) is 0 Å². The molecule has 6 nitrogen and oxygen atoms in total. The molecule has 0 aliphatic rings. The third-order valence-corrected chi connectivity index (χ3v) is 4.38. The number of hydrogen-bond donors (Lipinski definition) is 2. The van der Waals surface area contributed by atoms with Gasteiger partial charge in [0.15, 0.2) is 0 Å². The normalized spacial score (nSPS) is 10.6. The molecule has 2 aromatic rings. The Bertz CT molecular complexity index is 809. The summed E-state index contributed by atoms with van der Waals surface area (Å²) < 4.78 is 7.41. The number of aromatic nitrogens is 1. The van der Waals surface area contributed by atoms with E-state index in [0.717, 1.165) is 30.5 Å². The van der Waals surface area contributed by atoms with Gasteiger partial charge in [0, 0.05) is 12.7 Å². The molecule has 6 heteroatoms. The summed E-state index contributed by atoms with van der Waals surface area (Å²) in [5.74, 6) is -0.358. The Morgan fingerprint density at radius 3 is 2.50 bits per heavy atom. The average molecular weight is 357 g/mol. The van der Waals surface area contributed by atoms with Crippen LogP contribution in [0, 0.1) is 6.92 Å². The van der Waals surface area contributed by atoms with Crippen molar-refractivity contribution in [2.75, 3.05) is 11.9 Å². The predicted molar refractivity (Wildman–Crippen MR) is 103 cm³/mol. The molecule has 1 aromatic carbocycles. The van der Waals surface area contributed by atoms with Gasteiger partial charge in [0.05, 0.1) is 17.9 Å². The van der Waals surface area contributed by atoms with Crippen LogP contribution in [0.1, 0.15) is 58.8 Å². The molecule has 0 fully saturated rings. The fourth-order valence-electron chi connectivity index (χ4n) is 3.01. The van der Waals surface area contributed by atoms with Crippen LogP contribution >= 0.6 is 0 Å². The standard InChI is InChI=1S/C20H27N3O3/c1-5-9-14-13(3)23(4)18(19(21)24)17(14)22-20(25)15-10-7-8-11-16(15)26-12-6-2/h7-8,10-11H,5-6,9,12H2,1-4H3,(H2,21,24)(H,22,25). The van der Waals surface area contributed by atoms with Crippen LogP contribution in [0.5, 0.6) is 5.75 Å². The van der Waals surface area contributed by atoms with E-state index < -0.39 is 5.91 Å². The van der Waals surface area contributed by atoms with Gasteiger partial charge in [0.2, 0.25) is 0 Å². The van der Waals surface area contributed by atoms with Crippen LogP contribution in [0.2, 0.25) is 0 Å². The maximum Gasteiger partial charge on any atom is 0.267 e. The quantitative estimate of drug-likeness (QED) is 0.759. The van der Waals surface area contributed by atoms with Crippen LogP contribution < -0.4 is 15.8 Å². The molecule has 0 atom stereocenters. The van der Waals surface area contributed by atoms with E-state index in [9.17, 15) is 9.59 Å². The Morgan fingerprint density at radius 2 is 1.88 bits per heavy atom. The van der Waals surface area contributed by atoms with Crippen LogP contribution in [-0.2, 0) is 13.5 Å². The van der Waals surface area contributed by atoms with Crippen LogP contribution in [-0.4, -0.2) is 23.0 Å². The molecule has 0 unspecified atom stereocenters. The van der Waals surface area contributed by atoms with Gasteiger partial charge >= 0.3 is 0 Å². The van der Waals surface area contributed by atoms with E-state index in [-0.39, 0.29) is 5.91 Å². The lowest BCUT2D eigenvalue weighted by atomic mass is 10.1. The molecular weight excluding hydrogens is 330 g/mol. The van der Waals surface area contributed by atoms with Crippen LogP contribution in [0.3, 0.4) is 0 Å². The fourth-order valence-corrected chi connectivity index (χ4v) is 3.01. The van der Waals surface area contributed by atoms with Crippen molar-refractivity contribution in [3.05, 3.63) is 46.8 Å². The molecule has 0 saturated heterocycles. The number of nitrogens with one attached hydrogen (secondary N) is 1. The monoisotopic (exact) mass is 357 g/mol. The second-order valence-corrected chi connectivity index (χ2v) is 6.26. The number of anilines is 1. The molecule has 140 valence electrons. The lowest BCUT2D eigenvalue weighted by Gasteiger charge is -2.12. The van der Waals surface area contributed by atoms with Gasteiger partial charge in [0.1, 0.15) is 11.4 Å². The number of nitrogens with zero attached hydrogens (tertiary/aromatic N) is 1. The van der Waals surface area contributed by atoms with E-state index in [1.807, 2.05) is 19.9 Å². The van der Waals surface area contributed by atoms with Gasteiger partial charge in [-0.3, -0.25) is 9.59 Å². The van der Waals surface area contributed by atoms with E-state index in [2.05, 4.69) is 12.2 Å². The first kappa shape index (κ1) is 19.6. The molecule has 0 radical (unpaired) electrons. The molecule has 1 heterocycles. The second-order valence-electron chi connectivity index (χ2n) is 6.26. The number of ether oxygens (including phenoxy) is 1. The first-order valence-corrected chi connectivity index (χ1v) is 8.93. The summed E-state index contributed by atoms with van der Waals surface area (Å²) in [6.07, 6.45) is 2.49. The number of amides is 2. The highest BCUT2D eigenvalue weighted by atomic mass is 16.5. The van der Waals surface area contributed by atoms with Crippen LogP contribution in [0.4, 0.5) is 5.69 Å². The molecule has 0 saturated carbocycles. The van der Waals surface area contributed by atoms with Crippen molar-refractivity contribution in [3.8, 4) is 5.75 Å². The van der Waals surface area contributed by atoms with Gasteiger partial charge in [-0.1, -0.05) is 32.4 Å². The molecule has 2 amide bonds. The summed E-state index contributed by atoms with van der Waals surface area (Å²) in [5.41, 5.74) is 8.66. The largest absolute Gasteiger partial charge is 0.493 e. The average Bonchev–Trinajstić information content (AvgIpc) is 2.85. The van der Waals surface area contributed by atoms with Gasteiger partial charge in [-0.05, 0) is 37.5 Å². The minimum Gasteiger partial charge on any atom is -0.493 e. The lowest BCUT2D eigenvalue weighted by Crippen LogP contribution is -2.21.